The van der Waals surface area contributed by atoms with Crippen LogP contribution >= 0.6 is 0 Å². The number of likely N-dealkylation sites (tertiary alicyclic amines) is 1. The van der Waals surface area contributed by atoms with Gasteiger partial charge in [-0.1, -0.05) is 36.4 Å². The summed E-state index contributed by atoms with van der Waals surface area (Å²) in [6.45, 7) is 10.5. The van der Waals surface area contributed by atoms with Crippen molar-refractivity contribution in [2.75, 3.05) is 13.6 Å². The largest absolute Gasteiger partial charge is 0.509 e. The molecule has 3 N–H and O–H groups in total. The van der Waals surface area contributed by atoms with Gasteiger partial charge >= 0.3 is 18.1 Å². The summed E-state index contributed by atoms with van der Waals surface area (Å²) < 4.78 is 28.6. The highest BCUT2D eigenvalue weighted by Gasteiger charge is 2.72. The van der Waals surface area contributed by atoms with Crippen LogP contribution in [0.25, 0.3) is 0 Å². The summed E-state index contributed by atoms with van der Waals surface area (Å²) in [6.07, 6.45) is -1.38. The Morgan fingerprint density at radius 2 is 1.71 bits per heavy atom. The van der Waals surface area contributed by atoms with Crippen molar-refractivity contribution in [2.24, 2.45) is 0 Å². The van der Waals surface area contributed by atoms with Crippen molar-refractivity contribution in [1.82, 2.24) is 10.2 Å². The molecule has 0 aromatic heterocycles. The van der Waals surface area contributed by atoms with E-state index in [4.69, 9.17) is 23.7 Å². The number of ether oxygens (including phenoxy) is 5. The van der Waals surface area contributed by atoms with Gasteiger partial charge in [0.1, 0.15) is 23.0 Å². The highest BCUT2D eigenvalue weighted by Crippen LogP contribution is 2.65. The van der Waals surface area contributed by atoms with Crippen molar-refractivity contribution >= 4 is 24.0 Å². The van der Waals surface area contributed by atoms with E-state index in [1.807, 2.05) is 13.1 Å². The van der Waals surface area contributed by atoms with Gasteiger partial charge in [0.25, 0.3) is 5.91 Å². The minimum atomic E-state index is -1.54. The number of hydrogen-bond donors (Lipinski definition) is 3. The minimum absolute atomic E-state index is 0.0720. The number of esters is 2. The van der Waals surface area contributed by atoms with E-state index in [-0.39, 0.29) is 29.7 Å². The molecular formula is C38H46N2O11. The monoisotopic (exact) mass is 706 g/mol. The van der Waals surface area contributed by atoms with Crippen LogP contribution in [0.2, 0.25) is 0 Å². The number of benzene rings is 2. The topological polar surface area (TPSA) is 170 Å². The van der Waals surface area contributed by atoms with Crippen LogP contribution in [0.15, 0.2) is 54.3 Å². The third-order valence-electron chi connectivity index (χ3n) is 9.91. The van der Waals surface area contributed by atoms with E-state index in [1.54, 1.807) is 84.0 Å². The first kappa shape index (κ1) is 36.2. The second kappa shape index (κ2) is 12.9. The van der Waals surface area contributed by atoms with E-state index in [1.165, 1.54) is 0 Å². The van der Waals surface area contributed by atoms with Gasteiger partial charge in [-0.05, 0) is 85.7 Å². The second-order valence-corrected chi connectivity index (χ2v) is 15.7. The fourth-order valence-electron chi connectivity index (χ4n) is 7.86. The Bertz CT molecular complexity index is 1760. The molecule has 51 heavy (non-hydrogen) atoms. The van der Waals surface area contributed by atoms with Crippen LogP contribution in [0.1, 0.15) is 83.6 Å². The van der Waals surface area contributed by atoms with Crippen molar-refractivity contribution in [3.63, 3.8) is 0 Å². The lowest BCUT2D eigenvalue weighted by Crippen LogP contribution is -2.74. The first-order valence-corrected chi connectivity index (χ1v) is 17.2. The number of carbonyl (C=O) groups excluding carboxylic acids is 4. The number of carbonyl (C=O) groups is 4. The average Bonchev–Trinajstić information content (AvgIpc) is 3.39. The zero-order valence-electron chi connectivity index (χ0n) is 30.0. The summed E-state index contributed by atoms with van der Waals surface area (Å²) in [6, 6.07) is 9.81. The number of nitrogens with one attached hydrogen (secondary N) is 1. The lowest BCUT2D eigenvalue weighted by molar-refractivity contribution is -0.170. The fourth-order valence-corrected chi connectivity index (χ4v) is 7.86. The predicted molar refractivity (Wildman–Crippen MR) is 182 cm³/mol. The Labute approximate surface area is 296 Å². The second-order valence-electron chi connectivity index (χ2n) is 15.7. The summed E-state index contributed by atoms with van der Waals surface area (Å²) in [4.78, 5) is 55.8. The molecule has 0 radical (unpaired) electrons. The quantitative estimate of drug-likeness (QED) is 0.266. The van der Waals surface area contributed by atoms with Crippen LogP contribution in [0.3, 0.4) is 0 Å². The standard InChI is InChI=1S/C38H46N2O11/c1-35(2,3)50-33(44)23(39-32(43)29(21-11-9-8-10-12-21)49-34(45)51-36(4,5)6)20-27(42)47-25-15-16-38(46)26-19-22-13-14-24(41)30-28(22)37(38,31(25)48-30)17-18-40(26)7/h8-15,23,26,29,31,41,46H,16-20H2,1-7H3,(H,39,43)/t23-,26?,29-,31-,37-,38+/m0/s1. The van der Waals surface area contributed by atoms with Gasteiger partial charge in [-0.15, -0.1) is 0 Å². The summed E-state index contributed by atoms with van der Waals surface area (Å²) in [5.41, 5.74) is -2.14. The van der Waals surface area contributed by atoms with Gasteiger partial charge in [-0.25, -0.2) is 9.59 Å². The molecule has 2 aromatic rings. The van der Waals surface area contributed by atoms with Crippen LogP contribution in [-0.2, 0) is 45.2 Å². The van der Waals surface area contributed by atoms with E-state index >= 15 is 0 Å². The molecule has 6 rings (SSSR count). The number of piperidine rings is 1. The molecule has 1 fully saturated rings. The molecule has 1 unspecified atom stereocenters. The van der Waals surface area contributed by atoms with Crippen LogP contribution in [0.5, 0.6) is 11.5 Å². The third-order valence-corrected chi connectivity index (χ3v) is 9.91. The van der Waals surface area contributed by atoms with E-state index in [2.05, 4.69) is 10.2 Å². The molecule has 1 saturated heterocycles. The summed E-state index contributed by atoms with van der Waals surface area (Å²) >= 11 is 0. The van der Waals surface area contributed by atoms with Crippen molar-refractivity contribution in [1.29, 1.82) is 0 Å². The molecule has 6 atom stereocenters. The van der Waals surface area contributed by atoms with Gasteiger partial charge in [-0.3, -0.25) is 9.59 Å². The van der Waals surface area contributed by atoms with Crippen LogP contribution in [-0.4, -0.2) is 87.7 Å². The minimum Gasteiger partial charge on any atom is -0.504 e. The smallest absolute Gasteiger partial charge is 0.504 e. The number of amides is 1. The lowest BCUT2D eigenvalue weighted by atomic mass is 9.50. The van der Waals surface area contributed by atoms with Gasteiger partial charge in [-0.2, -0.15) is 0 Å². The molecule has 274 valence electrons. The number of phenolic OH excluding ortho intramolecular Hbond substituents is 1. The molecule has 4 aliphatic rings. The number of hydrogen-bond acceptors (Lipinski definition) is 12. The molecule has 2 aliphatic heterocycles. The maximum Gasteiger partial charge on any atom is 0.509 e. The van der Waals surface area contributed by atoms with Gasteiger partial charge in [0.05, 0.1) is 17.4 Å². The molecule has 13 nitrogen and oxygen atoms in total. The molecule has 2 aliphatic carbocycles. The van der Waals surface area contributed by atoms with Gasteiger partial charge < -0.3 is 44.1 Å². The van der Waals surface area contributed by atoms with Crippen molar-refractivity contribution in [3.8, 4) is 11.5 Å². The Balaban J connectivity index is 1.26. The number of aromatic hydroxyl groups is 1. The Hall–Kier alpha value is -4.62. The molecule has 0 saturated carbocycles. The van der Waals surface area contributed by atoms with Gasteiger partial charge in [0, 0.05) is 23.6 Å². The van der Waals surface area contributed by atoms with Crippen molar-refractivity contribution in [3.05, 3.63) is 71.0 Å². The summed E-state index contributed by atoms with van der Waals surface area (Å²) in [5, 5.41) is 25.7. The third kappa shape index (κ3) is 6.64. The van der Waals surface area contributed by atoms with Crippen LogP contribution < -0.4 is 10.1 Å². The normalized spacial score (nSPS) is 26.0. The van der Waals surface area contributed by atoms with Crippen molar-refractivity contribution < 1.29 is 53.1 Å². The van der Waals surface area contributed by atoms with Crippen molar-refractivity contribution in [2.45, 2.75) is 114 Å². The zero-order chi connectivity index (χ0) is 37.1. The fraction of sp³-hybridized carbons (Fsp3) is 0.526. The first-order chi connectivity index (χ1) is 23.8. The van der Waals surface area contributed by atoms with Gasteiger partial charge in [0.15, 0.2) is 17.6 Å². The van der Waals surface area contributed by atoms with Crippen LogP contribution in [0.4, 0.5) is 4.79 Å². The molecule has 2 bridgehead atoms. The number of rotatable bonds is 8. The molecule has 13 heteroatoms. The Morgan fingerprint density at radius 1 is 1.02 bits per heavy atom. The SMILES string of the molecule is CN1CC[C@]23c4c5ccc(O)c4O[C@H]2C(OC(=O)C[C@H](NC(=O)[C@@H](OC(=O)OC(C)(C)C)c2ccccc2)C(=O)OC(C)(C)C)=CC[C@@]3(O)C1C5. The molecule has 1 spiro atoms. The lowest BCUT2D eigenvalue weighted by Gasteiger charge is -2.61. The first-order valence-electron chi connectivity index (χ1n) is 17.2. The van der Waals surface area contributed by atoms with E-state index < -0.39 is 70.9 Å². The number of aliphatic hydroxyl groups is 1. The molecular weight excluding hydrogens is 660 g/mol. The van der Waals surface area contributed by atoms with E-state index in [0.717, 1.165) is 11.1 Å². The maximum atomic E-state index is 13.8. The molecule has 2 heterocycles. The number of nitrogens with zero attached hydrogens (tertiary/aromatic N) is 1. The maximum absolute atomic E-state index is 13.8. The number of likely N-dealkylation sites (N-methyl/N-ethyl adjacent to an activating group) is 1. The van der Waals surface area contributed by atoms with Gasteiger partial charge in [0.2, 0.25) is 6.10 Å². The highest BCUT2D eigenvalue weighted by molar-refractivity contribution is 5.91. The molecule has 1 amide bonds. The Morgan fingerprint density at radius 3 is 2.37 bits per heavy atom. The predicted octanol–water partition coefficient (Wildman–Crippen LogP) is 4.12. The number of phenols is 1. The highest BCUT2D eigenvalue weighted by atomic mass is 16.7. The zero-order valence-corrected chi connectivity index (χ0v) is 30.0. The molecule has 2 aromatic carbocycles. The average molecular weight is 707 g/mol. The van der Waals surface area contributed by atoms with E-state index in [9.17, 15) is 29.4 Å². The Kier molecular flexibility index (Phi) is 9.12. The van der Waals surface area contributed by atoms with E-state index in [0.29, 0.717) is 24.9 Å². The summed E-state index contributed by atoms with van der Waals surface area (Å²) in [5.74, 6) is -2.36. The summed E-state index contributed by atoms with van der Waals surface area (Å²) in [7, 11) is 1.97. The van der Waals surface area contributed by atoms with Crippen LogP contribution in [0, 0.1) is 0 Å².